The van der Waals surface area contributed by atoms with Crippen LogP contribution in [0.5, 0.6) is 0 Å². The summed E-state index contributed by atoms with van der Waals surface area (Å²) in [6.45, 7) is 6.37. The maximum absolute atomic E-state index is 6.10. The van der Waals surface area contributed by atoms with Gasteiger partial charge in [-0.1, -0.05) is 19.1 Å². The molecule has 0 spiro atoms. The summed E-state index contributed by atoms with van der Waals surface area (Å²) < 4.78 is 1.11. The lowest BCUT2D eigenvalue weighted by atomic mass is 9.90. The van der Waals surface area contributed by atoms with E-state index in [2.05, 4.69) is 51.3 Å². The van der Waals surface area contributed by atoms with Gasteiger partial charge in [-0.05, 0) is 60.4 Å². The SMILES string of the molecule is CCN1CCCC(CN)(Nc2ccccc2Br)CC1. The molecule has 0 saturated carbocycles. The summed E-state index contributed by atoms with van der Waals surface area (Å²) in [5.41, 5.74) is 7.28. The number of benzene rings is 1. The molecule has 0 aromatic heterocycles. The zero-order chi connectivity index (χ0) is 13.7. The second kappa shape index (κ2) is 6.73. The van der Waals surface area contributed by atoms with Crippen molar-refractivity contribution in [3.8, 4) is 0 Å². The zero-order valence-corrected chi connectivity index (χ0v) is 13.2. The number of nitrogens with one attached hydrogen (secondary N) is 1. The van der Waals surface area contributed by atoms with Crippen LogP contribution >= 0.6 is 15.9 Å². The number of anilines is 1. The van der Waals surface area contributed by atoms with Crippen molar-refractivity contribution in [1.82, 2.24) is 4.90 Å². The predicted octanol–water partition coefficient (Wildman–Crippen LogP) is 3.06. The van der Waals surface area contributed by atoms with Crippen LogP contribution in [0.25, 0.3) is 0 Å². The van der Waals surface area contributed by atoms with Crippen LogP contribution in [0.3, 0.4) is 0 Å². The van der Waals surface area contributed by atoms with E-state index in [-0.39, 0.29) is 5.54 Å². The lowest BCUT2D eigenvalue weighted by molar-refractivity contribution is 0.293. The largest absolute Gasteiger partial charge is 0.377 e. The molecule has 19 heavy (non-hydrogen) atoms. The van der Waals surface area contributed by atoms with E-state index in [0.29, 0.717) is 6.54 Å². The van der Waals surface area contributed by atoms with Gasteiger partial charge in [0.05, 0.1) is 5.54 Å². The molecule has 1 saturated heterocycles. The van der Waals surface area contributed by atoms with E-state index in [1.165, 1.54) is 13.0 Å². The van der Waals surface area contributed by atoms with E-state index in [9.17, 15) is 0 Å². The number of para-hydroxylation sites is 1. The molecule has 1 aliphatic rings. The van der Waals surface area contributed by atoms with Gasteiger partial charge in [-0.25, -0.2) is 0 Å². The summed E-state index contributed by atoms with van der Waals surface area (Å²) in [5.74, 6) is 0. The Morgan fingerprint density at radius 3 is 2.79 bits per heavy atom. The van der Waals surface area contributed by atoms with Crippen LogP contribution in [-0.4, -0.2) is 36.6 Å². The lowest BCUT2D eigenvalue weighted by Crippen LogP contribution is -2.46. The fraction of sp³-hybridized carbons (Fsp3) is 0.600. The molecule has 0 radical (unpaired) electrons. The summed E-state index contributed by atoms with van der Waals surface area (Å²) in [7, 11) is 0. The highest BCUT2D eigenvalue weighted by Gasteiger charge is 2.31. The summed E-state index contributed by atoms with van der Waals surface area (Å²) >= 11 is 3.61. The molecule has 1 atom stereocenters. The molecule has 1 heterocycles. The molecule has 0 aliphatic carbocycles. The van der Waals surface area contributed by atoms with Crippen LogP contribution in [0.15, 0.2) is 28.7 Å². The summed E-state index contributed by atoms with van der Waals surface area (Å²) in [4.78, 5) is 2.51. The zero-order valence-electron chi connectivity index (χ0n) is 11.7. The van der Waals surface area contributed by atoms with E-state index in [4.69, 9.17) is 5.73 Å². The number of hydrogen-bond donors (Lipinski definition) is 2. The highest BCUT2D eigenvalue weighted by molar-refractivity contribution is 9.10. The third-order valence-corrected chi connectivity index (χ3v) is 4.84. The Morgan fingerprint density at radius 1 is 1.32 bits per heavy atom. The van der Waals surface area contributed by atoms with E-state index >= 15 is 0 Å². The monoisotopic (exact) mass is 325 g/mol. The van der Waals surface area contributed by atoms with E-state index in [0.717, 1.165) is 36.1 Å². The van der Waals surface area contributed by atoms with E-state index in [1.54, 1.807) is 0 Å². The van der Waals surface area contributed by atoms with Crippen LogP contribution in [0.2, 0.25) is 0 Å². The van der Waals surface area contributed by atoms with Crippen molar-refractivity contribution in [3.63, 3.8) is 0 Å². The van der Waals surface area contributed by atoms with Crippen molar-refractivity contribution in [1.29, 1.82) is 0 Å². The van der Waals surface area contributed by atoms with Gasteiger partial charge in [-0.2, -0.15) is 0 Å². The minimum Gasteiger partial charge on any atom is -0.377 e. The number of halogens is 1. The van der Waals surface area contributed by atoms with Crippen LogP contribution in [0, 0.1) is 0 Å². The van der Waals surface area contributed by atoms with Crippen molar-refractivity contribution in [3.05, 3.63) is 28.7 Å². The molecule has 0 amide bonds. The highest BCUT2D eigenvalue weighted by Crippen LogP contribution is 2.30. The number of hydrogen-bond acceptors (Lipinski definition) is 3. The first-order chi connectivity index (χ1) is 9.19. The minimum absolute atomic E-state index is 0.0355. The Morgan fingerprint density at radius 2 is 2.11 bits per heavy atom. The molecule has 106 valence electrons. The molecule has 1 unspecified atom stereocenters. The fourth-order valence-electron chi connectivity index (χ4n) is 2.79. The molecule has 3 N–H and O–H groups in total. The summed E-state index contributed by atoms with van der Waals surface area (Å²) in [6.07, 6.45) is 3.46. The van der Waals surface area contributed by atoms with Gasteiger partial charge in [-0.3, -0.25) is 0 Å². The smallest absolute Gasteiger partial charge is 0.0508 e. The normalized spacial score (nSPS) is 25.0. The minimum atomic E-state index is 0.0355. The van der Waals surface area contributed by atoms with Crippen molar-refractivity contribution < 1.29 is 0 Å². The quantitative estimate of drug-likeness (QED) is 0.893. The van der Waals surface area contributed by atoms with Gasteiger partial charge >= 0.3 is 0 Å². The van der Waals surface area contributed by atoms with Gasteiger partial charge in [-0.15, -0.1) is 0 Å². The van der Waals surface area contributed by atoms with E-state index in [1.807, 2.05) is 6.07 Å². The second-order valence-electron chi connectivity index (χ2n) is 5.38. The van der Waals surface area contributed by atoms with Gasteiger partial charge < -0.3 is 16.0 Å². The number of rotatable bonds is 4. The average Bonchev–Trinajstić information content (AvgIpc) is 2.64. The van der Waals surface area contributed by atoms with Gasteiger partial charge in [0.1, 0.15) is 0 Å². The number of nitrogens with zero attached hydrogens (tertiary/aromatic N) is 1. The second-order valence-corrected chi connectivity index (χ2v) is 6.23. The van der Waals surface area contributed by atoms with E-state index < -0.39 is 0 Å². The van der Waals surface area contributed by atoms with Gasteiger partial charge in [0.2, 0.25) is 0 Å². The molecular formula is C15H24BrN3. The molecular weight excluding hydrogens is 302 g/mol. The molecule has 1 fully saturated rings. The van der Waals surface area contributed by atoms with Crippen molar-refractivity contribution in [2.45, 2.75) is 31.7 Å². The lowest BCUT2D eigenvalue weighted by Gasteiger charge is -2.34. The maximum Gasteiger partial charge on any atom is 0.0508 e. The third kappa shape index (κ3) is 3.71. The maximum atomic E-state index is 6.10. The third-order valence-electron chi connectivity index (χ3n) is 4.15. The molecule has 1 aromatic rings. The van der Waals surface area contributed by atoms with Crippen LogP contribution < -0.4 is 11.1 Å². The average molecular weight is 326 g/mol. The number of likely N-dealkylation sites (tertiary alicyclic amines) is 1. The number of nitrogens with two attached hydrogens (primary N) is 1. The molecule has 0 bridgehead atoms. The molecule has 1 aliphatic heterocycles. The van der Waals surface area contributed by atoms with Crippen molar-refractivity contribution >= 4 is 21.6 Å². The first kappa shape index (κ1) is 14.8. The molecule has 2 rings (SSSR count). The van der Waals surface area contributed by atoms with Crippen LogP contribution in [-0.2, 0) is 0 Å². The first-order valence-electron chi connectivity index (χ1n) is 7.14. The van der Waals surface area contributed by atoms with Crippen molar-refractivity contribution in [2.75, 3.05) is 31.5 Å². The Bertz CT molecular complexity index is 410. The Labute approximate surface area is 124 Å². The molecule has 4 heteroatoms. The van der Waals surface area contributed by atoms with Crippen molar-refractivity contribution in [2.24, 2.45) is 5.73 Å². The molecule has 3 nitrogen and oxygen atoms in total. The van der Waals surface area contributed by atoms with Crippen LogP contribution in [0.1, 0.15) is 26.2 Å². The highest BCUT2D eigenvalue weighted by atomic mass is 79.9. The van der Waals surface area contributed by atoms with Crippen LogP contribution in [0.4, 0.5) is 5.69 Å². The summed E-state index contributed by atoms with van der Waals surface area (Å²) in [5, 5.41) is 3.70. The fourth-order valence-corrected chi connectivity index (χ4v) is 3.18. The Hall–Kier alpha value is -0.580. The standard InChI is InChI=1S/C15H24BrN3/c1-2-19-10-5-8-15(12-17,9-11-19)18-14-7-4-3-6-13(14)16/h3-4,6-7,18H,2,5,8-12,17H2,1H3. The summed E-state index contributed by atoms with van der Waals surface area (Å²) in [6, 6.07) is 8.29. The van der Waals surface area contributed by atoms with Gasteiger partial charge in [0, 0.05) is 23.2 Å². The Balaban J connectivity index is 2.12. The Kier molecular flexibility index (Phi) is 5.25. The van der Waals surface area contributed by atoms with Gasteiger partial charge in [0.15, 0.2) is 0 Å². The first-order valence-corrected chi connectivity index (χ1v) is 7.93. The molecule has 1 aromatic carbocycles. The van der Waals surface area contributed by atoms with Gasteiger partial charge in [0.25, 0.3) is 0 Å². The predicted molar refractivity (Wildman–Crippen MR) is 85.5 cm³/mol. The topological polar surface area (TPSA) is 41.3 Å².